The zero-order valence-electron chi connectivity index (χ0n) is 16.5. The van der Waals surface area contributed by atoms with E-state index in [1.165, 1.54) is 16.4 Å². The molecule has 31 heavy (non-hydrogen) atoms. The van der Waals surface area contributed by atoms with E-state index in [0.717, 1.165) is 16.8 Å². The second kappa shape index (κ2) is 8.20. The van der Waals surface area contributed by atoms with Crippen LogP contribution in [0.5, 0.6) is 0 Å². The van der Waals surface area contributed by atoms with Gasteiger partial charge >= 0.3 is 0 Å². The van der Waals surface area contributed by atoms with Gasteiger partial charge in [0, 0.05) is 41.0 Å². The smallest absolute Gasteiger partial charge is 0.278 e. The Morgan fingerprint density at radius 2 is 1.61 bits per heavy atom. The summed E-state index contributed by atoms with van der Waals surface area (Å²) in [5.41, 5.74) is 3.74. The van der Waals surface area contributed by atoms with Crippen molar-refractivity contribution in [3.8, 4) is 11.3 Å². The molecule has 2 aromatic carbocycles. The van der Waals surface area contributed by atoms with Crippen molar-refractivity contribution in [2.45, 2.75) is 5.37 Å². The normalized spacial score (nSPS) is 15.9. The third-order valence-electron chi connectivity index (χ3n) is 5.09. The third-order valence-corrected chi connectivity index (χ3v) is 6.29. The van der Waals surface area contributed by atoms with Crippen molar-refractivity contribution in [3.05, 3.63) is 103 Å². The van der Waals surface area contributed by atoms with Crippen LogP contribution in [0.2, 0.25) is 0 Å². The molecule has 0 N–H and O–H groups in total. The van der Waals surface area contributed by atoms with E-state index in [1.54, 1.807) is 35.6 Å². The number of carbonyl (C=O) groups excluding carboxylic acids is 2. The van der Waals surface area contributed by atoms with Gasteiger partial charge in [-0.3, -0.25) is 19.5 Å². The van der Waals surface area contributed by atoms with Gasteiger partial charge in [-0.05, 0) is 24.3 Å². The number of rotatable bonds is 4. The first-order chi connectivity index (χ1) is 15.2. The molecule has 0 aliphatic carbocycles. The average Bonchev–Trinajstić information content (AvgIpc) is 3.44. The van der Waals surface area contributed by atoms with Crippen molar-refractivity contribution in [2.24, 2.45) is 0 Å². The third kappa shape index (κ3) is 3.64. The molecule has 0 spiro atoms. The lowest BCUT2D eigenvalue weighted by molar-refractivity contribution is -0.115. The Morgan fingerprint density at radius 1 is 0.935 bits per heavy atom. The molecule has 1 amide bonds. The van der Waals surface area contributed by atoms with Crippen molar-refractivity contribution in [2.75, 3.05) is 10.7 Å². The molecular weight excluding hydrogens is 408 g/mol. The monoisotopic (exact) mass is 426 g/mol. The number of benzene rings is 2. The topological polar surface area (TPSA) is 68.1 Å². The van der Waals surface area contributed by atoms with Crippen molar-refractivity contribution in [1.82, 2.24) is 14.8 Å². The molecule has 6 nitrogen and oxygen atoms in total. The molecule has 1 aliphatic rings. The first-order valence-corrected chi connectivity index (χ1v) is 10.9. The van der Waals surface area contributed by atoms with E-state index >= 15 is 0 Å². The minimum Gasteiger partial charge on any atom is -0.295 e. The maximum absolute atomic E-state index is 13.1. The number of amides is 1. The molecule has 3 heterocycles. The summed E-state index contributed by atoms with van der Waals surface area (Å²) in [5.74, 6) is 0.164. The lowest BCUT2D eigenvalue weighted by Crippen LogP contribution is -2.27. The maximum Gasteiger partial charge on any atom is 0.278 e. The van der Waals surface area contributed by atoms with Crippen molar-refractivity contribution < 1.29 is 9.59 Å². The Kier molecular flexibility index (Phi) is 5.09. The number of aromatic nitrogens is 3. The standard InChI is InChI=1S/C24H18N4O2S/c29-21-16-31-24(28(21)19-9-5-2-6-10-19)20-15-27(23(30)18-11-13-25-14-12-18)26-22(20)17-7-3-1-4-8-17/h1-15,24H,16H2. The van der Waals surface area contributed by atoms with Gasteiger partial charge in [-0.25, -0.2) is 4.68 Å². The molecular formula is C24H18N4O2S. The van der Waals surface area contributed by atoms with Crippen LogP contribution in [0.4, 0.5) is 5.69 Å². The molecule has 1 unspecified atom stereocenters. The Labute approximate surface area is 183 Å². The van der Waals surface area contributed by atoms with Gasteiger partial charge in [-0.1, -0.05) is 48.5 Å². The van der Waals surface area contributed by atoms with Crippen LogP contribution >= 0.6 is 11.8 Å². The Hall–Kier alpha value is -3.71. The van der Waals surface area contributed by atoms with Gasteiger partial charge in [0.2, 0.25) is 5.91 Å². The van der Waals surface area contributed by atoms with Crippen LogP contribution in [0.3, 0.4) is 0 Å². The van der Waals surface area contributed by atoms with E-state index < -0.39 is 0 Å². The van der Waals surface area contributed by atoms with Crippen molar-refractivity contribution >= 4 is 29.3 Å². The first kappa shape index (κ1) is 19.3. The number of para-hydroxylation sites is 1. The number of pyridine rings is 1. The van der Waals surface area contributed by atoms with Gasteiger partial charge in [0.15, 0.2) is 0 Å². The summed E-state index contributed by atoms with van der Waals surface area (Å²) in [6, 6.07) is 22.6. The molecule has 152 valence electrons. The highest BCUT2D eigenvalue weighted by molar-refractivity contribution is 8.00. The minimum atomic E-state index is -0.274. The Morgan fingerprint density at radius 3 is 2.32 bits per heavy atom. The highest BCUT2D eigenvalue weighted by atomic mass is 32.2. The fraction of sp³-hybridized carbons (Fsp3) is 0.0833. The largest absolute Gasteiger partial charge is 0.295 e. The van der Waals surface area contributed by atoms with Gasteiger partial charge in [0.05, 0.1) is 11.4 Å². The van der Waals surface area contributed by atoms with E-state index in [-0.39, 0.29) is 17.2 Å². The summed E-state index contributed by atoms with van der Waals surface area (Å²) >= 11 is 1.54. The summed E-state index contributed by atoms with van der Waals surface area (Å²) in [6.07, 6.45) is 4.91. The van der Waals surface area contributed by atoms with E-state index in [1.807, 2.05) is 60.7 Å². The minimum absolute atomic E-state index is 0.0356. The van der Waals surface area contributed by atoms with Gasteiger partial charge in [-0.2, -0.15) is 5.10 Å². The molecule has 5 rings (SSSR count). The molecule has 1 fully saturated rings. The van der Waals surface area contributed by atoms with Crippen LogP contribution in [-0.4, -0.2) is 32.3 Å². The maximum atomic E-state index is 13.1. The van der Waals surface area contributed by atoms with Crippen LogP contribution in [0.25, 0.3) is 11.3 Å². The summed E-state index contributed by atoms with van der Waals surface area (Å²) in [6.45, 7) is 0. The molecule has 0 radical (unpaired) electrons. The zero-order valence-corrected chi connectivity index (χ0v) is 17.3. The van der Waals surface area contributed by atoms with Crippen LogP contribution in [0.15, 0.2) is 91.4 Å². The number of hydrogen-bond donors (Lipinski definition) is 0. The molecule has 1 aliphatic heterocycles. The quantitative estimate of drug-likeness (QED) is 0.483. The summed E-state index contributed by atoms with van der Waals surface area (Å²) in [4.78, 5) is 31.6. The number of nitrogens with zero attached hydrogens (tertiary/aromatic N) is 4. The number of anilines is 1. The molecule has 2 aromatic heterocycles. The number of carbonyl (C=O) groups is 2. The fourth-order valence-corrected chi connectivity index (χ4v) is 4.82. The highest BCUT2D eigenvalue weighted by Crippen LogP contribution is 2.44. The Balaban J connectivity index is 1.63. The van der Waals surface area contributed by atoms with Crippen LogP contribution in [-0.2, 0) is 4.79 Å². The molecule has 0 bridgehead atoms. The fourth-order valence-electron chi connectivity index (χ4n) is 3.64. The second-order valence-electron chi connectivity index (χ2n) is 7.05. The van der Waals surface area contributed by atoms with Crippen molar-refractivity contribution in [1.29, 1.82) is 0 Å². The summed E-state index contributed by atoms with van der Waals surface area (Å²) in [5, 5.41) is 4.38. The predicted molar refractivity (Wildman–Crippen MR) is 121 cm³/mol. The van der Waals surface area contributed by atoms with E-state index in [4.69, 9.17) is 0 Å². The molecule has 4 aromatic rings. The van der Waals surface area contributed by atoms with Crippen LogP contribution in [0.1, 0.15) is 21.3 Å². The van der Waals surface area contributed by atoms with Gasteiger partial charge in [0.25, 0.3) is 5.91 Å². The van der Waals surface area contributed by atoms with Gasteiger partial charge < -0.3 is 0 Å². The van der Waals surface area contributed by atoms with Crippen LogP contribution in [0, 0.1) is 0 Å². The lowest BCUT2D eigenvalue weighted by Gasteiger charge is -2.24. The summed E-state index contributed by atoms with van der Waals surface area (Å²) in [7, 11) is 0. The Bertz CT molecular complexity index is 1230. The average molecular weight is 427 g/mol. The second-order valence-corrected chi connectivity index (χ2v) is 8.12. The number of hydrogen-bond acceptors (Lipinski definition) is 5. The predicted octanol–water partition coefficient (Wildman–Crippen LogP) is 4.41. The first-order valence-electron chi connectivity index (χ1n) is 9.81. The van der Waals surface area contributed by atoms with E-state index in [0.29, 0.717) is 17.0 Å². The van der Waals surface area contributed by atoms with Gasteiger partial charge in [0.1, 0.15) is 5.37 Å². The molecule has 7 heteroatoms. The van der Waals surface area contributed by atoms with E-state index in [2.05, 4.69) is 10.1 Å². The SMILES string of the molecule is O=C1CSC(c2cn(C(=O)c3ccncc3)nc2-c2ccccc2)N1c1ccccc1. The molecule has 1 saturated heterocycles. The number of thioether (sulfide) groups is 1. The van der Waals surface area contributed by atoms with Crippen LogP contribution < -0.4 is 4.90 Å². The molecule has 1 atom stereocenters. The molecule has 0 saturated carbocycles. The van der Waals surface area contributed by atoms with Gasteiger partial charge in [-0.15, -0.1) is 11.8 Å². The zero-order chi connectivity index (χ0) is 21.2. The highest BCUT2D eigenvalue weighted by Gasteiger charge is 2.37. The van der Waals surface area contributed by atoms with Crippen molar-refractivity contribution in [3.63, 3.8) is 0 Å². The summed E-state index contributed by atoms with van der Waals surface area (Å²) < 4.78 is 1.36. The van der Waals surface area contributed by atoms with E-state index in [9.17, 15) is 9.59 Å². The lowest BCUT2D eigenvalue weighted by atomic mass is 10.1.